The maximum atomic E-state index is 10.6. The third-order valence-corrected chi connectivity index (χ3v) is 8.08. The summed E-state index contributed by atoms with van der Waals surface area (Å²) in [5.41, 5.74) is 4.90. The van der Waals surface area contributed by atoms with Gasteiger partial charge in [-0.3, -0.25) is 4.79 Å². The van der Waals surface area contributed by atoms with Gasteiger partial charge in [0.25, 0.3) is 0 Å². The predicted molar refractivity (Wildman–Crippen MR) is 176 cm³/mol. The summed E-state index contributed by atoms with van der Waals surface area (Å²) in [6, 6.07) is 0. The lowest BCUT2D eigenvalue weighted by molar-refractivity contribution is -0.122. The molecule has 1 amide bonds. The first-order valence-electron chi connectivity index (χ1n) is 16.1. The van der Waals surface area contributed by atoms with Gasteiger partial charge in [0.15, 0.2) is 0 Å². The van der Waals surface area contributed by atoms with Gasteiger partial charge in [0.05, 0.1) is 12.3 Å². The number of carbonyl (C=O) groups excluding carboxylic acids is 1. The molecule has 2 heterocycles. The fourth-order valence-electron chi connectivity index (χ4n) is 5.51. The number of hydrogen-bond donors (Lipinski definition) is 1. The molecule has 0 bridgehead atoms. The summed E-state index contributed by atoms with van der Waals surface area (Å²) in [5.74, 6) is 0.667. The Morgan fingerprint density at radius 2 is 1.85 bits per heavy atom. The standard InChI is InChI=1S/C27H43N3.C6H11NO.C2H6/c1-3-5-6-7-18-29-19-8-10-24-12-13-26(14-15-27(24)16-21-29)25-11-9-20-30(22-17-25)23-28-4-2;1-4-5(2)6(8)7-3;1-2/h4,12,14-15,23,25H,2-3,5-11,13,16-22H2,1H3;4-5H,1H2,2-3H3,(H,7,8);1-2H3. The highest BCUT2D eigenvalue weighted by Gasteiger charge is 2.21. The van der Waals surface area contributed by atoms with E-state index in [1.54, 1.807) is 43.0 Å². The molecule has 0 radical (unpaired) electrons. The van der Waals surface area contributed by atoms with Crippen LogP contribution in [0, 0.1) is 11.8 Å². The highest BCUT2D eigenvalue weighted by molar-refractivity contribution is 5.79. The average molecular weight is 553 g/mol. The van der Waals surface area contributed by atoms with Gasteiger partial charge in [-0.25, -0.2) is 4.99 Å². The van der Waals surface area contributed by atoms with E-state index in [0.29, 0.717) is 0 Å². The number of amides is 1. The lowest BCUT2D eigenvalue weighted by Crippen LogP contribution is -2.29. The van der Waals surface area contributed by atoms with Crippen molar-refractivity contribution in [1.82, 2.24) is 15.1 Å². The second-order valence-corrected chi connectivity index (χ2v) is 10.9. The average Bonchev–Trinajstić information content (AvgIpc) is 3.34. The van der Waals surface area contributed by atoms with Gasteiger partial charge in [0, 0.05) is 32.9 Å². The number of allylic oxidation sites excluding steroid dienone is 5. The lowest BCUT2D eigenvalue weighted by Gasteiger charge is -2.26. The molecule has 0 aromatic carbocycles. The Bertz CT molecular complexity index is 853. The number of fused-ring (bicyclic) bond motifs is 1. The molecule has 1 aliphatic carbocycles. The minimum atomic E-state index is -0.0694. The molecule has 0 saturated carbocycles. The molecule has 2 atom stereocenters. The molecule has 2 unspecified atom stereocenters. The lowest BCUT2D eigenvalue weighted by atomic mass is 9.89. The van der Waals surface area contributed by atoms with Crippen LogP contribution in [0.4, 0.5) is 0 Å². The fraction of sp³-hybridized carbons (Fsp3) is 0.657. The molecule has 2 fully saturated rings. The molecule has 0 spiro atoms. The van der Waals surface area contributed by atoms with Gasteiger partial charge in [-0.2, -0.15) is 0 Å². The monoisotopic (exact) mass is 552 g/mol. The Balaban J connectivity index is 0.000000689. The minimum absolute atomic E-state index is 0.0139. The van der Waals surface area contributed by atoms with E-state index in [-0.39, 0.29) is 11.8 Å². The number of likely N-dealkylation sites (tertiary alicyclic amines) is 2. The van der Waals surface area contributed by atoms with Crippen molar-refractivity contribution in [3.8, 4) is 0 Å². The molecule has 3 rings (SSSR count). The molecule has 40 heavy (non-hydrogen) atoms. The summed E-state index contributed by atoms with van der Waals surface area (Å²) >= 11 is 0. The van der Waals surface area contributed by atoms with Crippen LogP contribution in [0.15, 0.2) is 65.4 Å². The summed E-state index contributed by atoms with van der Waals surface area (Å²) in [6.45, 7) is 21.3. The zero-order chi connectivity index (χ0) is 29.6. The number of nitrogens with zero attached hydrogens (tertiary/aromatic N) is 3. The van der Waals surface area contributed by atoms with Crippen LogP contribution in [0.3, 0.4) is 0 Å². The van der Waals surface area contributed by atoms with Crippen LogP contribution in [0.5, 0.6) is 0 Å². The van der Waals surface area contributed by atoms with Crippen molar-refractivity contribution in [2.24, 2.45) is 16.8 Å². The molecule has 226 valence electrons. The van der Waals surface area contributed by atoms with Gasteiger partial charge in [-0.1, -0.05) is 83.4 Å². The second-order valence-electron chi connectivity index (χ2n) is 10.9. The van der Waals surface area contributed by atoms with E-state index in [9.17, 15) is 4.79 Å². The zero-order valence-corrected chi connectivity index (χ0v) is 26.6. The number of hydrogen-bond acceptors (Lipinski definition) is 3. The minimum Gasteiger partial charge on any atom is -0.363 e. The highest BCUT2D eigenvalue weighted by atomic mass is 16.1. The first kappa shape index (κ1) is 35.6. The van der Waals surface area contributed by atoms with Gasteiger partial charge in [0.2, 0.25) is 5.91 Å². The van der Waals surface area contributed by atoms with Crippen LogP contribution in [0.1, 0.15) is 98.3 Å². The molecule has 2 aliphatic heterocycles. The molecule has 3 aliphatic rings. The summed E-state index contributed by atoms with van der Waals surface area (Å²) < 4.78 is 0. The molecule has 5 heteroatoms. The molecular formula is C35H60N4O. The van der Waals surface area contributed by atoms with Crippen LogP contribution in [0.25, 0.3) is 0 Å². The van der Waals surface area contributed by atoms with Crippen molar-refractivity contribution >= 4 is 12.2 Å². The van der Waals surface area contributed by atoms with E-state index < -0.39 is 0 Å². The number of nitrogens with one attached hydrogen (secondary N) is 1. The van der Waals surface area contributed by atoms with Crippen LogP contribution in [-0.4, -0.2) is 61.8 Å². The second kappa shape index (κ2) is 22.3. The van der Waals surface area contributed by atoms with E-state index in [2.05, 4.69) is 58.4 Å². The highest BCUT2D eigenvalue weighted by Crippen LogP contribution is 2.33. The van der Waals surface area contributed by atoms with E-state index in [0.717, 1.165) is 25.4 Å². The van der Waals surface area contributed by atoms with Crippen molar-refractivity contribution in [2.45, 2.75) is 98.3 Å². The van der Waals surface area contributed by atoms with E-state index in [4.69, 9.17) is 0 Å². The van der Waals surface area contributed by atoms with Crippen molar-refractivity contribution in [3.63, 3.8) is 0 Å². The largest absolute Gasteiger partial charge is 0.363 e. The van der Waals surface area contributed by atoms with E-state index >= 15 is 0 Å². The van der Waals surface area contributed by atoms with Gasteiger partial charge in [0.1, 0.15) is 0 Å². The van der Waals surface area contributed by atoms with Gasteiger partial charge >= 0.3 is 0 Å². The number of rotatable bonds is 10. The third-order valence-electron chi connectivity index (χ3n) is 8.08. The Morgan fingerprint density at radius 3 is 2.52 bits per heavy atom. The van der Waals surface area contributed by atoms with E-state index in [1.165, 1.54) is 83.8 Å². The smallest absolute Gasteiger partial charge is 0.226 e. The van der Waals surface area contributed by atoms with Crippen LogP contribution < -0.4 is 5.32 Å². The number of aliphatic imine (C=N–C) groups is 1. The third kappa shape index (κ3) is 13.8. The molecule has 5 nitrogen and oxygen atoms in total. The number of carbonyl (C=O) groups is 1. The van der Waals surface area contributed by atoms with Crippen molar-refractivity contribution in [2.75, 3.05) is 39.8 Å². The van der Waals surface area contributed by atoms with Crippen LogP contribution >= 0.6 is 0 Å². The molecule has 0 aromatic rings. The molecule has 0 aromatic heterocycles. The van der Waals surface area contributed by atoms with E-state index in [1.807, 2.05) is 20.2 Å². The molecule has 2 saturated heterocycles. The zero-order valence-electron chi connectivity index (χ0n) is 26.6. The van der Waals surface area contributed by atoms with Gasteiger partial charge in [-0.15, -0.1) is 6.58 Å². The Morgan fingerprint density at radius 1 is 1.05 bits per heavy atom. The Kier molecular flexibility index (Phi) is 19.9. The number of unbranched alkanes of at least 4 members (excludes halogenated alkanes) is 3. The topological polar surface area (TPSA) is 47.9 Å². The summed E-state index contributed by atoms with van der Waals surface area (Å²) in [7, 11) is 1.61. The maximum Gasteiger partial charge on any atom is 0.226 e. The van der Waals surface area contributed by atoms with Crippen LogP contribution in [-0.2, 0) is 4.79 Å². The summed E-state index contributed by atoms with van der Waals surface area (Å²) in [5, 5.41) is 2.51. The Labute approximate surface area is 247 Å². The van der Waals surface area contributed by atoms with Crippen molar-refractivity contribution in [3.05, 3.63) is 60.4 Å². The van der Waals surface area contributed by atoms with Crippen molar-refractivity contribution < 1.29 is 4.79 Å². The summed E-state index contributed by atoms with van der Waals surface area (Å²) in [6.07, 6.45) is 27.0. The fourth-order valence-corrected chi connectivity index (χ4v) is 5.51. The quantitative estimate of drug-likeness (QED) is 0.129. The summed E-state index contributed by atoms with van der Waals surface area (Å²) in [4.78, 5) is 19.9. The molecular weight excluding hydrogens is 492 g/mol. The van der Waals surface area contributed by atoms with Crippen LogP contribution in [0.2, 0.25) is 0 Å². The first-order valence-corrected chi connectivity index (χ1v) is 16.1. The predicted octanol–water partition coefficient (Wildman–Crippen LogP) is 8.09. The normalized spacial score (nSPS) is 20.7. The first-order chi connectivity index (χ1) is 19.5. The molecule has 1 N–H and O–H groups in total. The van der Waals surface area contributed by atoms with Gasteiger partial charge in [-0.05, 0) is 81.5 Å². The van der Waals surface area contributed by atoms with Gasteiger partial charge < -0.3 is 15.1 Å². The maximum absolute atomic E-state index is 10.6. The SMILES string of the molecule is C=CC(C)C(=O)NC.C=CN=CN1CCCC(C2=CC=C3CCN(CCCCCC)CCCC3=CC2)CC1.CC. The van der Waals surface area contributed by atoms with Crippen molar-refractivity contribution in [1.29, 1.82) is 0 Å². The Hall–Kier alpha value is -2.40.